The Balaban J connectivity index is 1.77. The largest absolute Gasteiger partial charge is 0.449 e. The monoisotopic (exact) mass is 361 g/mol. The summed E-state index contributed by atoms with van der Waals surface area (Å²) < 4.78 is 5.30. The summed E-state index contributed by atoms with van der Waals surface area (Å²) in [6, 6.07) is 7.93. The summed E-state index contributed by atoms with van der Waals surface area (Å²) in [7, 11) is 0. The minimum Gasteiger partial charge on any atom is -0.449 e. The van der Waals surface area contributed by atoms with Gasteiger partial charge in [0.25, 0.3) is 0 Å². The molecule has 1 saturated heterocycles. The average Bonchev–Trinajstić information content (AvgIpc) is 2.86. The number of carbonyl (C=O) groups excluding carboxylic acids is 2. The van der Waals surface area contributed by atoms with Gasteiger partial charge < -0.3 is 15.0 Å². The van der Waals surface area contributed by atoms with Gasteiger partial charge >= 0.3 is 6.09 Å². The highest BCUT2D eigenvalue weighted by molar-refractivity contribution is 5.92. The molecule has 0 bridgehead atoms. The van der Waals surface area contributed by atoms with Gasteiger partial charge in [0.2, 0.25) is 5.91 Å². The molecule has 1 N–H and O–H groups in total. The molecular formula is C20H31N3O3. The Morgan fingerprint density at radius 1 is 1.12 bits per heavy atom. The van der Waals surface area contributed by atoms with Crippen LogP contribution in [-0.2, 0) is 16.0 Å². The number of carbonyl (C=O) groups is 2. The summed E-state index contributed by atoms with van der Waals surface area (Å²) in [5, 5.41) is 2.94. The fraction of sp³-hybridized carbons (Fsp3) is 0.600. The van der Waals surface area contributed by atoms with Crippen LogP contribution >= 0.6 is 0 Å². The maximum absolute atomic E-state index is 12.3. The maximum atomic E-state index is 12.3. The molecule has 6 heteroatoms. The third kappa shape index (κ3) is 6.67. The van der Waals surface area contributed by atoms with E-state index in [2.05, 4.69) is 17.1 Å². The van der Waals surface area contributed by atoms with Crippen molar-refractivity contribution in [2.75, 3.05) is 44.6 Å². The van der Waals surface area contributed by atoms with Crippen molar-refractivity contribution in [2.45, 2.75) is 33.6 Å². The van der Waals surface area contributed by atoms with Gasteiger partial charge in [-0.15, -0.1) is 0 Å². The topological polar surface area (TPSA) is 61.9 Å². The van der Waals surface area contributed by atoms with Gasteiger partial charge in [-0.25, -0.2) is 4.79 Å². The molecule has 0 aliphatic carbocycles. The Kier molecular flexibility index (Phi) is 7.91. The molecule has 0 aromatic heterocycles. The predicted molar refractivity (Wildman–Crippen MR) is 103 cm³/mol. The van der Waals surface area contributed by atoms with Crippen LogP contribution in [0.4, 0.5) is 10.5 Å². The van der Waals surface area contributed by atoms with Crippen LogP contribution in [-0.4, -0.2) is 61.1 Å². The molecule has 1 aliphatic heterocycles. The van der Waals surface area contributed by atoms with E-state index in [0.29, 0.717) is 38.7 Å². The van der Waals surface area contributed by atoms with Gasteiger partial charge in [0.1, 0.15) is 0 Å². The number of hydrogen-bond acceptors (Lipinski definition) is 4. The van der Waals surface area contributed by atoms with Crippen LogP contribution in [0.15, 0.2) is 24.3 Å². The van der Waals surface area contributed by atoms with Crippen molar-refractivity contribution < 1.29 is 14.3 Å². The Labute approximate surface area is 156 Å². The van der Waals surface area contributed by atoms with Gasteiger partial charge in [-0.1, -0.05) is 32.9 Å². The van der Waals surface area contributed by atoms with Crippen molar-refractivity contribution in [3.8, 4) is 0 Å². The zero-order valence-corrected chi connectivity index (χ0v) is 16.2. The average molecular weight is 361 g/mol. The zero-order chi connectivity index (χ0) is 18.9. The molecule has 2 amide bonds. The van der Waals surface area contributed by atoms with E-state index in [1.165, 1.54) is 5.56 Å². The summed E-state index contributed by atoms with van der Waals surface area (Å²) in [5.41, 5.74) is 2.07. The first-order valence-electron chi connectivity index (χ1n) is 9.50. The van der Waals surface area contributed by atoms with Crippen molar-refractivity contribution >= 4 is 17.7 Å². The number of nitrogens with one attached hydrogen (secondary N) is 1. The van der Waals surface area contributed by atoms with Crippen molar-refractivity contribution in [1.82, 2.24) is 9.80 Å². The lowest BCUT2D eigenvalue weighted by Gasteiger charge is -2.21. The number of amides is 2. The summed E-state index contributed by atoms with van der Waals surface area (Å²) in [6.07, 6.45) is 1.58. The Morgan fingerprint density at radius 3 is 2.50 bits per heavy atom. The quantitative estimate of drug-likeness (QED) is 0.846. The Bertz CT molecular complexity index is 586. The van der Waals surface area contributed by atoms with E-state index >= 15 is 0 Å². The number of ether oxygens (including phenoxy) is 1. The van der Waals surface area contributed by atoms with Crippen LogP contribution in [0.1, 0.15) is 32.8 Å². The third-order valence-corrected chi connectivity index (χ3v) is 4.40. The van der Waals surface area contributed by atoms with Gasteiger partial charge in [-0.2, -0.15) is 0 Å². The standard InChI is InChI=1S/C20H31N3O3/c1-4-17-6-8-18(9-7-17)21-19(24)14-22-10-5-11-23(13-12-22)20(25)26-15-16(2)3/h6-9,16H,4-5,10-15H2,1-3H3,(H,21,24). The van der Waals surface area contributed by atoms with Crippen LogP contribution in [0.5, 0.6) is 0 Å². The minimum atomic E-state index is -0.249. The van der Waals surface area contributed by atoms with E-state index in [1.807, 2.05) is 38.1 Å². The Morgan fingerprint density at radius 2 is 1.85 bits per heavy atom. The van der Waals surface area contributed by atoms with Gasteiger partial charge in [0.05, 0.1) is 13.2 Å². The molecule has 26 heavy (non-hydrogen) atoms. The lowest BCUT2D eigenvalue weighted by molar-refractivity contribution is -0.117. The van der Waals surface area contributed by atoms with Crippen molar-refractivity contribution in [2.24, 2.45) is 5.92 Å². The van der Waals surface area contributed by atoms with Gasteiger partial charge in [-0.05, 0) is 36.5 Å². The predicted octanol–water partition coefficient (Wildman–Crippen LogP) is 2.99. The van der Waals surface area contributed by atoms with E-state index in [-0.39, 0.29) is 12.0 Å². The molecule has 144 valence electrons. The summed E-state index contributed by atoms with van der Waals surface area (Å²) in [6.45, 7) is 9.67. The number of nitrogens with zero attached hydrogens (tertiary/aromatic N) is 2. The van der Waals surface area contributed by atoms with Crippen LogP contribution in [0.2, 0.25) is 0 Å². The highest BCUT2D eigenvalue weighted by Gasteiger charge is 2.21. The van der Waals surface area contributed by atoms with Gasteiger partial charge in [0, 0.05) is 31.9 Å². The fourth-order valence-electron chi connectivity index (χ4n) is 2.87. The van der Waals surface area contributed by atoms with Crippen LogP contribution in [0.3, 0.4) is 0 Å². The number of anilines is 1. The number of hydrogen-bond donors (Lipinski definition) is 1. The maximum Gasteiger partial charge on any atom is 0.409 e. The van der Waals surface area contributed by atoms with Crippen LogP contribution < -0.4 is 5.32 Å². The lowest BCUT2D eigenvalue weighted by atomic mass is 10.1. The van der Waals surface area contributed by atoms with Crippen LogP contribution in [0.25, 0.3) is 0 Å². The first-order valence-corrected chi connectivity index (χ1v) is 9.50. The second-order valence-corrected chi connectivity index (χ2v) is 7.19. The van der Waals surface area contributed by atoms with E-state index in [4.69, 9.17) is 4.74 Å². The third-order valence-electron chi connectivity index (χ3n) is 4.40. The normalized spacial score (nSPS) is 15.6. The smallest absolute Gasteiger partial charge is 0.409 e. The van der Waals surface area contributed by atoms with Gasteiger partial charge in [0.15, 0.2) is 0 Å². The number of aryl methyl sites for hydroxylation is 1. The molecule has 0 unspecified atom stereocenters. The molecule has 6 nitrogen and oxygen atoms in total. The summed E-state index contributed by atoms with van der Waals surface area (Å²) in [4.78, 5) is 28.2. The molecule has 1 aromatic rings. The number of benzene rings is 1. The molecule has 0 saturated carbocycles. The van der Waals surface area contributed by atoms with Crippen molar-refractivity contribution in [1.29, 1.82) is 0 Å². The molecule has 1 aromatic carbocycles. The Hall–Kier alpha value is -2.08. The molecule has 1 aliphatic rings. The lowest BCUT2D eigenvalue weighted by Crippen LogP contribution is -2.38. The zero-order valence-electron chi connectivity index (χ0n) is 16.2. The second-order valence-electron chi connectivity index (χ2n) is 7.19. The minimum absolute atomic E-state index is 0.0231. The molecule has 1 heterocycles. The number of rotatable bonds is 6. The molecule has 0 spiro atoms. The molecule has 2 rings (SSSR count). The van der Waals surface area contributed by atoms with Crippen LogP contribution in [0, 0.1) is 5.92 Å². The summed E-state index contributed by atoms with van der Waals surface area (Å²) in [5.74, 6) is 0.308. The molecule has 0 radical (unpaired) electrons. The van der Waals surface area contributed by atoms with E-state index in [1.54, 1.807) is 4.90 Å². The van der Waals surface area contributed by atoms with E-state index in [0.717, 1.165) is 25.1 Å². The highest BCUT2D eigenvalue weighted by atomic mass is 16.6. The van der Waals surface area contributed by atoms with Gasteiger partial charge in [-0.3, -0.25) is 9.69 Å². The molecule has 1 fully saturated rings. The highest BCUT2D eigenvalue weighted by Crippen LogP contribution is 2.11. The van der Waals surface area contributed by atoms with E-state index < -0.39 is 0 Å². The van der Waals surface area contributed by atoms with Crippen molar-refractivity contribution in [3.63, 3.8) is 0 Å². The molecule has 0 atom stereocenters. The first-order chi connectivity index (χ1) is 12.5. The summed E-state index contributed by atoms with van der Waals surface area (Å²) >= 11 is 0. The first kappa shape index (κ1) is 20.2. The second kappa shape index (κ2) is 10.2. The fourth-order valence-corrected chi connectivity index (χ4v) is 2.87. The molecular weight excluding hydrogens is 330 g/mol. The van der Waals surface area contributed by atoms with Crippen molar-refractivity contribution in [3.05, 3.63) is 29.8 Å². The van der Waals surface area contributed by atoms with E-state index in [9.17, 15) is 9.59 Å². The SMILES string of the molecule is CCc1ccc(NC(=O)CN2CCCN(C(=O)OCC(C)C)CC2)cc1.